The van der Waals surface area contributed by atoms with Crippen molar-refractivity contribution >= 4 is 17.0 Å². The van der Waals surface area contributed by atoms with Gasteiger partial charge in [-0.05, 0) is 26.3 Å². The van der Waals surface area contributed by atoms with Crippen LogP contribution in [0.3, 0.4) is 0 Å². The van der Waals surface area contributed by atoms with Gasteiger partial charge in [0.05, 0.1) is 18.8 Å². The molecule has 0 aromatic carbocycles. The number of carbonyl (C=O) groups is 1. The summed E-state index contributed by atoms with van der Waals surface area (Å²) in [6, 6.07) is 0. The molecule has 0 radical (unpaired) electrons. The first-order valence-corrected chi connectivity index (χ1v) is 8.61. The van der Waals surface area contributed by atoms with Crippen LogP contribution in [0, 0.1) is 6.92 Å². The molecule has 0 bridgehead atoms. The summed E-state index contributed by atoms with van der Waals surface area (Å²) in [4.78, 5) is 31.2. The highest BCUT2D eigenvalue weighted by Crippen LogP contribution is 2.20. The number of morpholine rings is 1. The summed E-state index contributed by atoms with van der Waals surface area (Å²) >= 11 is 0. The van der Waals surface area contributed by atoms with E-state index < -0.39 is 0 Å². The summed E-state index contributed by atoms with van der Waals surface area (Å²) < 4.78 is 12.1. The number of fused-ring (bicyclic) bond motifs is 1. The molecule has 1 N–H and O–H groups in total. The van der Waals surface area contributed by atoms with Crippen molar-refractivity contribution in [1.82, 2.24) is 19.8 Å². The van der Waals surface area contributed by atoms with Crippen molar-refractivity contribution in [3.63, 3.8) is 0 Å². The number of nitrogens with one attached hydrogen (secondary N) is 1. The highest BCUT2D eigenvalue weighted by atomic mass is 16.5. The molecule has 1 aliphatic rings. The Bertz CT molecular complexity index is 805. The van der Waals surface area contributed by atoms with E-state index in [0.717, 1.165) is 45.7 Å². The van der Waals surface area contributed by atoms with Gasteiger partial charge in [-0.3, -0.25) is 14.5 Å². The lowest BCUT2D eigenvalue weighted by atomic mass is 10.1. The van der Waals surface area contributed by atoms with E-state index >= 15 is 0 Å². The molecule has 2 aromatic rings. The molecule has 8 nitrogen and oxygen atoms in total. The van der Waals surface area contributed by atoms with Crippen LogP contribution in [0.2, 0.25) is 0 Å². The fraction of sp³-hybridized carbons (Fsp3) is 0.588. The number of aromatic nitrogens is 2. The third kappa shape index (κ3) is 3.91. The smallest absolute Gasteiger partial charge is 0.265 e. The summed E-state index contributed by atoms with van der Waals surface area (Å²) in [5.41, 5.74) is 0.217. The van der Waals surface area contributed by atoms with Crippen LogP contribution in [-0.4, -0.2) is 59.8 Å². The molecular weight excluding hydrogens is 324 g/mol. The van der Waals surface area contributed by atoms with Crippen LogP contribution in [0.4, 0.5) is 0 Å². The second-order valence-electron chi connectivity index (χ2n) is 6.29. The van der Waals surface area contributed by atoms with Gasteiger partial charge in [-0.2, -0.15) is 0 Å². The van der Waals surface area contributed by atoms with Crippen molar-refractivity contribution in [2.24, 2.45) is 7.05 Å². The molecule has 0 saturated carbocycles. The minimum atomic E-state index is -0.285. The van der Waals surface area contributed by atoms with Crippen LogP contribution in [-0.2, 0) is 11.8 Å². The molecule has 8 heteroatoms. The van der Waals surface area contributed by atoms with Crippen LogP contribution < -0.4 is 10.9 Å². The van der Waals surface area contributed by atoms with E-state index in [-0.39, 0.29) is 28.1 Å². The summed E-state index contributed by atoms with van der Waals surface area (Å²) in [6.45, 7) is 6.80. The van der Waals surface area contributed by atoms with Crippen molar-refractivity contribution in [2.45, 2.75) is 19.8 Å². The van der Waals surface area contributed by atoms with Gasteiger partial charge in [0.25, 0.3) is 11.5 Å². The Morgan fingerprint density at radius 2 is 2.08 bits per heavy atom. The zero-order chi connectivity index (χ0) is 17.8. The van der Waals surface area contributed by atoms with Crippen molar-refractivity contribution in [1.29, 1.82) is 0 Å². The maximum atomic E-state index is 12.5. The standard InChI is InChI=1S/C17H24N4O4/c1-12-13(14-16(25-12)19-11-20(2)17(14)23)15(22)18-5-3-4-6-21-7-9-24-10-8-21/h11H,3-10H2,1-2H3,(H,18,22). The number of nitrogens with zero attached hydrogens (tertiary/aromatic N) is 3. The fourth-order valence-electron chi connectivity index (χ4n) is 3.04. The summed E-state index contributed by atoms with van der Waals surface area (Å²) in [6.07, 6.45) is 3.28. The van der Waals surface area contributed by atoms with Crippen molar-refractivity contribution in [3.05, 3.63) is 28.0 Å². The Labute approximate surface area is 145 Å². The van der Waals surface area contributed by atoms with Gasteiger partial charge < -0.3 is 19.0 Å². The second-order valence-corrected chi connectivity index (χ2v) is 6.29. The number of aryl methyl sites for hydroxylation is 2. The number of unbranched alkanes of at least 4 members (excludes halogenated alkanes) is 1. The van der Waals surface area contributed by atoms with Gasteiger partial charge in [-0.1, -0.05) is 0 Å². The third-order valence-corrected chi connectivity index (χ3v) is 4.47. The SMILES string of the molecule is Cc1oc2ncn(C)c(=O)c2c1C(=O)NCCCCN1CCOCC1. The third-order valence-electron chi connectivity index (χ3n) is 4.47. The minimum absolute atomic E-state index is 0.207. The van der Waals surface area contributed by atoms with Crippen LogP contribution in [0.25, 0.3) is 11.1 Å². The number of rotatable bonds is 6. The molecule has 2 aromatic heterocycles. The molecule has 136 valence electrons. The molecule has 1 fully saturated rings. The van der Waals surface area contributed by atoms with Crippen LogP contribution in [0.5, 0.6) is 0 Å². The molecule has 3 heterocycles. The minimum Gasteiger partial charge on any atom is -0.442 e. The monoisotopic (exact) mass is 348 g/mol. The zero-order valence-electron chi connectivity index (χ0n) is 14.7. The Hall–Kier alpha value is -2.19. The first kappa shape index (κ1) is 17.6. The Balaban J connectivity index is 1.56. The van der Waals surface area contributed by atoms with Crippen LogP contribution >= 0.6 is 0 Å². The number of furan rings is 1. The molecule has 1 saturated heterocycles. The number of amides is 1. The van der Waals surface area contributed by atoms with Crippen molar-refractivity contribution in [2.75, 3.05) is 39.4 Å². The van der Waals surface area contributed by atoms with E-state index in [1.807, 2.05) is 0 Å². The number of ether oxygens (including phenoxy) is 1. The molecule has 0 unspecified atom stereocenters. The first-order chi connectivity index (χ1) is 12.1. The molecule has 1 amide bonds. The number of hydrogen-bond acceptors (Lipinski definition) is 6. The predicted molar refractivity (Wildman–Crippen MR) is 92.8 cm³/mol. The highest BCUT2D eigenvalue weighted by Gasteiger charge is 2.22. The lowest BCUT2D eigenvalue weighted by Gasteiger charge is -2.26. The maximum Gasteiger partial charge on any atom is 0.265 e. The fourth-order valence-corrected chi connectivity index (χ4v) is 3.04. The van der Waals surface area contributed by atoms with Crippen LogP contribution in [0.15, 0.2) is 15.5 Å². The van der Waals surface area contributed by atoms with Crippen molar-refractivity contribution in [3.8, 4) is 0 Å². The molecule has 25 heavy (non-hydrogen) atoms. The van der Waals surface area contributed by atoms with Gasteiger partial charge in [-0.15, -0.1) is 0 Å². The average molecular weight is 348 g/mol. The van der Waals surface area contributed by atoms with Crippen LogP contribution in [0.1, 0.15) is 29.0 Å². The van der Waals surface area contributed by atoms with E-state index in [4.69, 9.17) is 9.15 Å². The summed E-state index contributed by atoms with van der Waals surface area (Å²) in [5, 5.41) is 3.13. The second kappa shape index (κ2) is 7.79. The quantitative estimate of drug-likeness (QED) is 0.772. The van der Waals surface area contributed by atoms with Gasteiger partial charge in [0, 0.05) is 26.7 Å². The van der Waals surface area contributed by atoms with Gasteiger partial charge in [0.15, 0.2) is 0 Å². The van der Waals surface area contributed by atoms with E-state index in [9.17, 15) is 9.59 Å². The van der Waals surface area contributed by atoms with E-state index in [2.05, 4.69) is 15.2 Å². The van der Waals surface area contributed by atoms with E-state index in [1.165, 1.54) is 10.9 Å². The highest BCUT2D eigenvalue weighted by molar-refractivity contribution is 6.06. The van der Waals surface area contributed by atoms with E-state index in [0.29, 0.717) is 12.3 Å². The Morgan fingerprint density at radius 1 is 1.32 bits per heavy atom. The summed E-state index contributed by atoms with van der Waals surface area (Å²) in [7, 11) is 1.60. The zero-order valence-corrected chi connectivity index (χ0v) is 14.7. The Kier molecular flexibility index (Phi) is 5.50. The molecule has 3 rings (SSSR count). The Morgan fingerprint density at radius 3 is 2.84 bits per heavy atom. The van der Waals surface area contributed by atoms with Gasteiger partial charge in [0.1, 0.15) is 17.5 Å². The first-order valence-electron chi connectivity index (χ1n) is 8.61. The van der Waals surface area contributed by atoms with Gasteiger partial charge >= 0.3 is 0 Å². The number of carbonyl (C=O) groups excluding carboxylic acids is 1. The predicted octanol–water partition coefficient (Wildman–Crippen LogP) is 0.677. The maximum absolute atomic E-state index is 12.5. The van der Waals surface area contributed by atoms with Gasteiger partial charge in [0.2, 0.25) is 5.71 Å². The normalized spacial score (nSPS) is 15.6. The number of hydrogen-bond donors (Lipinski definition) is 1. The average Bonchev–Trinajstić information content (AvgIpc) is 2.95. The molecule has 0 aliphatic carbocycles. The molecule has 1 aliphatic heterocycles. The van der Waals surface area contributed by atoms with E-state index in [1.54, 1.807) is 14.0 Å². The molecule has 0 atom stereocenters. The van der Waals surface area contributed by atoms with Gasteiger partial charge in [-0.25, -0.2) is 4.98 Å². The summed E-state index contributed by atoms with van der Waals surface area (Å²) in [5.74, 6) is 0.129. The lowest BCUT2D eigenvalue weighted by molar-refractivity contribution is 0.0372. The largest absolute Gasteiger partial charge is 0.442 e. The lowest BCUT2D eigenvalue weighted by Crippen LogP contribution is -2.37. The molecular formula is C17H24N4O4. The topological polar surface area (TPSA) is 89.6 Å². The van der Waals surface area contributed by atoms with Crippen molar-refractivity contribution < 1.29 is 13.9 Å². The molecule has 0 spiro atoms.